The summed E-state index contributed by atoms with van der Waals surface area (Å²) in [6.07, 6.45) is 5.73. The second kappa shape index (κ2) is 6.77. The zero-order chi connectivity index (χ0) is 19.8. The van der Waals surface area contributed by atoms with Crippen LogP contribution in [-0.2, 0) is 17.9 Å². The third-order valence-corrected chi connectivity index (χ3v) is 4.98. The molecular formula is C22H16N6O. The average molecular weight is 380 g/mol. The van der Waals surface area contributed by atoms with Crippen LogP contribution < -0.4 is 5.32 Å². The predicted molar refractivity (Wildman–Crippen MR) is 110 cm³/mol. The summed E-state index contributed by atoms with van der Waals surface area (Å²) in [4.78, 5) is 12.5. The number of anilines is 1. The lowest BCUT2D eigenvalue weighted by Crippen LogP contribution is -2.03. The number of hydrogen-bond acceptors (Lipinski definition) is 4. The van der Waals surface area contributed by atoms with Crippen molar-refractivity contribution in [2.45, 2.75) is 13.1 Å². The van der Waals surface area contributed by atoms with Crippen LogP contribution in [0.15, 0.2) is 60.9 Å². The molecule has 1 N–H and O–H groups in total. The van der Waals surface area contributed by atoms with Gasteiger partial charge in [0.25, 0.3) is 5.91 Å². The van der Waals surface area contributed by atoms with Crippen LogP contribution in [0, 0.1) is 11.3 Å². The molecule has 140 valence electrons. The minimum absolute atomic E-state index is 0.0949. The summed E-state index contributed by atoms with van der Waals surface area (Å²) in [5.74, 6) is -0.0949. The lowest BCUT2D eigenvalue weighted by molar-refractivity contribution is -0.110. The fraction of sp³-hybridized carbons (Fsp3) is 0.0909. The van der Waals surface area contributed by atoms with E-state index in [0.29, 0.717) is 12.1 Å². The maximum absolute atomic E-state index is 12.5. The van der Waals surface area contributed by atoms with E-state index >= 15 is 0 Å². The molecular weight excluding hydrogens is 364 g/mol. The Morgan fingerprint density at radius 1 is 1.10 bits per heavy atom. The van der Waals surface area contributed by atoms with Gasteiger partial charge in [0.15, 0.2) is 0 Å². The molecule has 3 heterocycles. The summed E-state index contributed by atoms with van der Waals surface area (Å²) in [5.41, 5.74) is 5.18. The van der Waals surface area contributed by atoms with E-state index in [1.807, 2.05) is 60.8 Å². The normalized spacial score (nSPS) is 14.2. The van der Waals surface area contributed by atoms with Crippen molar-refractivity contribution in [3.8, 4) is 6.07 Å². The highest BCUT2D eigenvalue weighted by Crippen LogP contribution is 2.34. The average Bonchev–Trinajstić information content (AvgIpc) is 3.40. The molecule has 4 aromatic rings. The topological polar surface area (TPSA) is 88.5 Å². The first-order chi connectivity index (χ1) is 14.2. The first-order valence-electron chi connectivity index (χ1n) is 9.19. The number of carbonyl (C=O) groups excluding carboxylic acids is 1. The van der Waals surface area contributed by atoms with E-state index in [2.05, 4.69) is 26.3 Å². The molecule has 7 heteroatoms. The van der Waals surface area contributed by atoms with Crippen LogP contribution in [-0.4, -0.2) is 25.5 Å². The molecule has 2 aromatic heterocycles. The predicted octanol–water partition coefficient (Wildman–Crippen LogP) is 3.30. The standard InChI is InChI=1S/C22H16N6O/c23-9-10-28-14-16(25-26-28)13-27-12-15(17-5-2-4-8-21(17)27)11-19-18-6-1-3-7-20(18)24-22(19)29/h1-8,11-12,14H,10,13H2,(H,24,29). The largest absolute Gasteiger partial charge is 0.341 e. The zero-order valence-electron chi connectivity index (χ0n) is 15.4. The minimum Gasteiger partial charge on any atom is -0.341 e. The number of carbonyl (C=O) groups is 1. The van der Waals surface area contributed by atoms with E-state index in [4.69, 9.17) is 5.26 Å². The molecule has 5 rings (SSSR count). The highest BCUT2D eigenvalue weighted by atomic mass is 16.2. The van der Waals surface area contributed by atoms with E-state index in [9.17, 15) is 4.79 Å². The zero-order valence-corrected chi connectivity index (χ0v) is 15.4. The van der Waals surface area contributed by atoms with Gasteiger partial charge in [0.2, 0.25) is 0 Å². The number of rotatable bonds is 4. The lowest BCUT2D eigenvalue weighted by Gasteiger charge is -2.01. The summed E-state index contributed by atoms with van der Waals surface area (Å²) < 4.78 is 3.60. The Morgan fingerprint density at radius 2 is 1.93 bits per heavy atom. The highest BCUT2D eigenvalue weighted by Gasteiger charge is 2.24. The Labute approximate surface area is 166 Å². The Morgan fingerprint density at radius 3 is 2.83 bits per heavy atom. The van der Waals surface area contributed by atoms with Gasteiger partial charge in [-0.3, -0.25) is 4.79 Å². The van der Waals surface area contributed by atoms with Crippen molar-refractivity contribution in [1.29, 1.82) is 5.26 Å². The fourth-order valence-electron chi connectivity index (χ4n) is 3.69. The molecule has 0 atom stereocenters. The molecule has 0 unspecified atom stereocenters. The lowest BCUT2D eigenvalue weighted by atomic mass is 10.0. The van der Waals surface area contributed by atoms with E-state index in [0.717, 1.165) is 33.4 Å². The number of aromatic nitrogens is 4. The van der Waals surface area contributed by atoms with Crippen molar-refractivity contribution >= 4 is 34.1 Å². The van der Waals surface area contributed by atoms with Crippen LogP contribution >= 0.6 is 0 Å². The monoisotopic (exact) mass is 380 g/mol. The minimum atomic E-state index is -0.0949. The summed E-state index contributed by atoms with van der Waals surface area (Å²) in [5, 5.41) is 20.9. The van der Waals surface area contributed by atoms with Crippen LogP contribution in [0.5, 0.6) is 0 Å². The number of nitrogens with zero attached hydrogens (tertiary/aromatic N) is 5. The van der Waals surface area contributed by atoms with Gasteiger partial charge in [-0.1, -0.05) is 41.6 Å². The van der Waals surface area contributed by atoms with Gasteiger partial charge in [-0.05, 0) is 18.2 Å². The highest BCUT2D eigenvalue weighted by molar-refractivity contribution is 6.35. The molecule has 1 amide bonds. The molecule has 0 aliphatic carbocycles. The van der Waals surface area contributed by atoms with Crippen molar-refractivity contribution in [1.82, 2.24) is 19.6 Å². The van der Waals surface area contributed by atoms with E-state index < -0.39 is 0 Å². The second-order valence-corrected chi connectivity index (χ2v) is 6.85. The van der Waals surface area contributed by atoms with Gasteiger partial charge in [0, 0.05) is 39.5 Å². The Bertz CT molecular complexity index is 1320. The maximum atomic E-state index is 12.5. The van der Waals surface area contributed by atoms with E-state index in [1.54, 1.807) is 6.20 Å². The number of nitrogens with one attached hydrogen (secondary N) is 1. The number of fused-ring (bicyclic) bond motifs is 2. The van der Waals surface area contributed by atoms with Crippen LogP contribution in [0.1, 0.15) is 16.8 Å². The number of amides is 1. The number of nitriles is 1. The van der Waals surface area contributed by atoms with Gasteiger partial charge < -0.3 is 9.88 Å². The fourth-order valence-corrected chi connectivity index (χ4v) is 3.69. The van der Waals surface area contributed by atoms with Crippen molar-refractivity contribution in [2.75, 3.05) is 5.32 Å². The maximum Gasteiger partial charge on any atom is 0.256 e. The van der Waals surface area contributed by atoms with Crippen molar-refractivity contribution < 1.29 is 4.79 Å². The Kier molecular flexibility index (Phi) is 3.96. The van der Waals surface area contributed by atoms with Crippen LogP contribution in [0.25, 0.3) is 22.6 Å². The van der Waals surface area contributed by atoms with Gasteiger partial charge in [-0.2, -0.15) is 5.26 Å². The van der Waals surface area contributed by atoms with Crippen LogP contribution in [0.2, 0.25) is 0 Å². The Balaban J connectivity index is 1.57. The number of benzene rings is 2. The third kappa shape index (κ3) is 2.97. The molecule has 2 aromatic carbocycles. The molecule has 29 heavy (non-hydrogen) atoms. The molecule has 0 saturated carbocycles. The SMILES string of the molecule is N#CCn1cc(Cn2cc(C=C3C(=O)Nc4ccccc43)c3ccccc32)nn1. The summed E-state index contributed by atoms with van der Waals surface area (Å²) in [6, 6.07) is 17.8. The molecule has 1 aliphatic rings. The number of para-hydroxylation sites is 2. The molecule has 0 saturated heterocycles. The van der Waals surface area contributed by atoms with E-state index in [1.165, 1.54) is 4.68 Å². The van der Waals surface area contributed by atoms with Gasteiger partial charge in [-0.25, -0.2) is 4.68 Å². The van der Waals surface area contributed by atoms with Crippen LogP contribution in [0.4, 0.5) is 5.69 Å². The summed E-state index contributed by atoms with van der Waals surface area (Å²) >= 11 is 0. The van der Waals surface area contributed by atoms with Gasteiger partial charge in [-0.15, -0.1) is 5.10 Å². The molecule has 1 aliphatic heterocycles. The van der Waals surface area contributed by atoms with Crippen LogP contribution in [0.3, 0.4) is 0 Å². The smallest absolute Gasteiger partial charge is 0.256 e. The Hall–Kier alpha value is -4.18. The van der Waals surface area contributed by atoms with Crippen molar-refractivity contribution in [3.05, 3.63) is 77.7 Å². The van der Waals surface area contributed by atoms with Crippen molar-refractivity contribution in [2.24, 2.45) is 0 Å². The third-order valence-electron chi connectivity index (χ3n) is 4.98. The van der Waals surface area contributed by atoms with Gasteiger partial charge in [0.1, 0.15) is 12.2 Å². The quantitative estimate of drug-likeness (QED) is 0.550. The molecule has 7 nitrogen and oxygen atoms in total. The summed E-state index contributed by atoms with van der Waals surface area (Å²) in [6.45, 7) is 0.698. The summed E-state index contributed by atoms with van der Waals surface area (Å²) in [7, 11) is 0. The van der Waals surface area contributed by atoms with Gasteiger partial charge in [0.05, 0.1) is 18.8 Å². The molecule has 0 radical (unpaired) electrons. The first-order valence-corrected chi connectivity index (χ1v) is 9.19. The number of hydrogen-bond donors (Lipinski definition) is 1. The van der Waals surface area contributed by atoms with Gasteiger partial charge >= 0.3 is 0 Å². The molecule has 0 fully saturated rings. The van der Waals surface area contributed by atoms with Crippen molar-refractivity contribution in [3.63, 3.8) is 0 Å². The molecule has 0 bridgehead atoms. The second-order valence-electron chi connectivity index (χ2n) is 6.85. The van der Waals surface area contributed by atoms with E-state index in [-0.39, 0.29) is 12.5 Å². The first kappa shape index (κ1) is 17.0. The molecule has 0 spiro atoms.